The van der Waals surface area contributed by atoms with E-state index in [9.17, 15) is 4.79 Å². The van der Waals surface area contributed by atoms with Crippen molar-refractivity contribution in [2.45, 2.75) is 46.6 Å². The van der Waals surface area contributed by atoms with Gasteiger partial charge in [0.1, 0.15) is 18.3 Å². The lowest BCUT2D eigenvalue weighted by molar-refractivity contribution is 0.286. The Morgan fingerprint density at radius 3 is 2.53 bits per heavy atom. The summed E-state index contributed by atoms with van der Waals surface area (Å²) in [7, 11) is 1.82. The van der Waals surface area contributed by atoms with Gasteiger partial charge in [-0.15, -0.1) is 0 Å². The van der Waals surface area contributed by atoms with Crippen LogP contribution < -0.4 is 10.3 Å². The molecule has 0 aliphatic carbocycles. The summed E-state index contributed by atoms with van der Waals surface area (Å²) in [6.45, 7) is 10.1. The summed E-state index contributed by atoms with van der Waals surface area (Å²) in [5, 5.41) is 4.18. The summed E-state index contributed by atoms with van der Waals surface area (Å²) in [4.78, 5) is 26.9. The van der Waals surface area contributed by atoms with Crippen molar-refractivity contribution < 1.29 is 4.74 Å². The van der Waals surface area contributed by atoms with Gasteiger partial charge in [-0.05, 0) is 37.6 Å². The van der Waals surface area contributed by atoms with E-state index in [-0.39, 0.29) is 22.9 Å². The fourth-order valence-electron chi connectivity index (χ4n) is 3.53. The summed E-state index contributed by atoms with van der Waals surface area (Å²) < 4.78 is 8.88. The van der Waals surface area contributed by atoms with Crippen LogP contribution in [0.15, 0.2) is 47.5 Å². The van der Waals surface area contributed by atoms with Crippen LogP contribution in [0.3, 0.4) is 0 Å². The van der Waals surface area contributed by atoms with E-state index in [1.807, 2.05) is 50.5 Å². The molecular weight excluding hydrogens is 452 g/mol. The molecule has 0 unspecified atom stereocenters. The SMILES string of the molecule is Cc1ccc(-c2ccnc(C(C)(C)C)n2)cc1-n1c(C)nc(OCc2ccn(C)n2)c(Cl)c1=O. The molecule has 0 bridgehead atoms. The lowest BCUT2D eigenvalue weighted by Gasteiger charge is -2.18. The Labute approximate surface area is 203 Å². The fourth-order valence-corrected chi connectivity index (χ4v) is 3.72. The van der Waals surface area contributed by atoms with E-state index in [0.29, 0.717) is 17.2 Å². The molecule has 0 saturated heterocycles. The van der Waals surface area contributed by atoms with Crippen LogP contribution in [0.25, 0.3) is 16.9 Å². The van der Waals surface area contributed by atoms with E-state index in [1.165, 1.54) is 4.57 Å². The first-order chi connectivity index (χ1) is 16.0. The molecule has 0 amide bonds. The predicted molar refractivity (Wildman–Crippen MR) is 132 cm³/mol. The average Bonchev–Trinajstić information content (AvgIpc) is 3.21. The van der Waals surface area contributed by atoms with Crippen LogP contribution in [0.1, 0.15) is 43.7 Å². The molecule has 8 nitrogen and oxygen atoms in total. The van der Waals surface area contributed by atoms with E-state index in [2.05, 4.69) is 35.8 Å². The van der Waals surface area contributed by atoms with Gasteiger partial charge < -0.3 is 4.74 Å². The van der Waals surface area contributed by atoms with Gasteiger partial charge in [0, 0.05) is 30.4 Å². The van der Waals surface area contributed by atoms with Gasteiger partial charge in [0.05, 0.1) is 17.1 Å². The molecule has 0 atom stereocenters. The molecule has 1 aromatic carbocycles. The number of hydrogen-bond donors (Lipinski definition) is 0. The van der Waals surface area contributed by atoms with Crippen LogP contribution in [0.2, 0.25) is 5.02 Å². The van der Waals surface area contributed by atoms with Crippen molar-refractivity contribution in [2.24, 2.45) is 7.05 Å². The van der Waals surface area contributed by atoms with Crippen LogP contribution in [-0.4, -0.2) is 29.3 Å². The minimum absolute atomic E-state index is 0.0802. The van der Waals surface area contributed by atoms with E-state index in [4.69, 9.17) is 21.3 Å². The Kier molecular flexibility index (Phi) is 6.27. The molecule has 4 rings (SSSR count). The Balaban J connectivity index is 1.73. The monoisotopic (exact) mass is 478 g/mol. The molecule has 3 heterocycles. The molecule has 0 N–H and O–H groups in total. The fraction of sp³-hybridized carbons (Fsp3) is 0.320. The van der Waals surface area contributed by atoms with Gasteiger partial charge in [0.15, 0.2) is 5.02 Å². The molecule has 3 aromatic heterocycles. The van der Waals surface area contributed by atoms with E-state index in [1.54, 1.807) is 17.8 Å². The van der Waals surface area contributed by atoms with E-state index in [0.717, 1.165) is 22.6 Å². The number of nitrogens with zero attached hydrogens (tertiary/aromatic N) is 6. The van der Waals surface area contributed by atoms with Crippen molar-refractivity contribution in [1.29, 1.82) is 0 Å². The minimum atomic E-state index is -0.400. The molecule has 34 heavy (non-hydrogen) atoms. The molecule has 0 saturated carbocycles. The van der Waals surface area contributed by atoms with E-state index < -0.39 is 5.56 Å². The van der Waals surface area contributed by atoms with Crippen LogP contribution in [-0.2, 0) is 19.1 Å². The smallest absolute Gasteiger partial charge is 0.280 e. The second-order valence-corrected chi connectivity index (χ2v) is 9.58. The van der Waals surface area contributed by atoms with Crippen molar-refractivity contribution in [3.05, 3.63) is 81.0 Å². The number of ether oxygens (including phenoxy) is 1. The highest BCUT2D eigenvalue weighted by molar-refractivity contribution is 6.31. The first kappa shape index (κ1) is 23.6. The quantitative estimate of drug-likeness (QED) is 0.417. The number of rotatable bonds is 5. The van der Waals surface area contributed by atoms with E-state index >= 15 is 0 Å². The summed E-state index contributed by atoms with van der Waals surface area (Å²) in [6, 6.07) is 9.54. The zero-order valence-corrected chi connectivity index (χ0v) is 20.9. The van der Waals surface area contributed by atoms with Crippen molar-refractivity contribution in [1.82, 2.24) is 29.3 Å². The standard InChI is InChI=1S/C25H27ClN6O2/c1-15-7-8-17(19-9-11-27-24(29-19)25(3,4)5)13-20(15)32-16(2)28-22(21(26)23(32)33)34-14-18-10-12-31(6)30-18/h7-13H,14H2,1-6H3. The molecule has 176 valence electrons. The number of aromatic nitrogens is 6. The summed E-state index contributed by atoms with van der Waals surface area (Å²) >= 11 is 6.40. The van der Waals surface area contributed by atoms with Gasteiger partial charge in [-0.3, -0.25) is 14.0 Å². The van der Waals surface area contributed by atoms with Crippen LogP contribution >= 0.6 is 11.6 Å². The molecule has 0 fully saturated rings. The molecule has 0 aliphatic heterocycles. The second kappa shape index (κ2) is 9.02. The van der Waals surface area contributed by atoms with Gasteiger partial charge in [-0.2, -0.15) is 10.1 Å². The molecule has 0 radical (unpaired) electrons. The zero-order valence-electron chi connectivity index (χ0n) is 20.1. The summed E-state index contributed by atoms with van der Waals surface area (Å²) in [5.74, 6) is 1.30. The highest BCUT2D eigenvalue weighted by Gasteiger charge is 2.20. The lowest BCUT2D eigenvalue weighted by atomic mass is 9.95. The maximum Gasteiger partial charge on any atom is 0.280 e. The normalized spacial score (nSPS) is 11.6. The molecule has 0 aliphatic rings. The number of halogens is 1. The van der Waals surface area contributed by atoms with Crippen LogP contribution in [0.4, 0.5) is 0 Å². The van der Waals surface area contributed by atoms with Gasteiger partial charge >= 0.3 is 0 Å². The molecule has 0 spiro atoms. The van der Waals surface area contributed by atoms with Gasteiger partial charge in [0.2, 0.25) is 5.88 Å². The Morgan fingerprint density at radius 1 is 1.09 bits per heavy atom. The lowest BCUT2D eigenvalue weighted by Crippen LogP contribution is -2.24. The highest BCUT2D eigenvalue weighted by Crippen LogP contribution is 2.27. The topological polar surface area (TPSA) is 87.7 Å². The molecule has 4 aromatic rings. The molecular formula is C25H27ClN6O2. The Hall–Kier alpha value is -3.52. The third-order valence-electron chi connectivity index (χ3n) is 5.36. The maximum absolute atomic E-state index is 13.3. The average molecular weight is 479 g/mol. The van der Waals surface area contributed by atoms with Crippen LogP contribution in [0.5, 0.6) is 5.88 Å². The maximum atomic E-state index is 13.3. The number of benzene rings is 1. The van der Waals surface area contributed by atoms with Gasteiger partial charge in [0.25, 0.3) is 5.56 Å². The third kappa shape index (κ3) is 4.72. The minimum Gasteiger partial charge on any atom is -0.470 e. The molecule has 9 heteroatoms. The first-order valence-electron chi connectivity index (χ1n) is 10.9. The van der Waals surface area contributed by atoms with Crippen LogP contribution in [0, 0.1) is 13.8 Å². The van der Waals surface area contributed by atoms with Gasteiger partial charge in [-0.25, -0.2) is 9.97 Å². The van der Waals surface area contributed by atoms with Crippen molar-refractivity contribution >= 4 is 11.6 Å². The summed E-state index contributed by atoms with van der Waals surface area (Å²) in [6.07, 6.45) is 3.57. The zero-order chi connectivity index (χ0) is 24.6. The summed E-state index contributed by atoms with van der Waals surface area (Å²) in [5.41, 5.74) is 3.36. The Bertz CT molecular complexity index is 1420. The van der Waals surface area contributed by atoms with Crippen molar-refractivity contribution in [3.63, 3.8) is 0 Å². The van der Waals surface area contributed by atoms with Crippen molar-refractivity contribution in [3.8, 4) is 22.8 Å². The second-order valence-electron chi connectivity index (χ2n) is 9.20. The van der Waals surface area contributed by atoms with Gasteiger partial charge in [-0.1, -0.05) is 44.5 Å². The predicted octanol–water partition coefficient (Wildman–Crippen LogP) is 4.57. The largest absolute Gasteiger partial charge is 0.470 e. The number of hydrogen-bond acceptors (Lipinski definition) is 6. The van der Waals surface area contributed by atoms with Crippen molar-refractivity contribution in [2.75, 3.05) is 0 Å². The third-order valence-corrected chi connectivity index (χ3v) is 5.69. The highest BCUT2D eigenvalue weighted by atomic mass is 35.5. The first-order valence-corrected chi connectivity index (χ1v) is 11.3. The number of aryl methyl sites for hydroxylation is 3. The Morgan fingerprint density at radius 2 is 1.85 bits per heavy atom.